The molecule has 26 heavy (non-hydrogen) atoms. The largest absolute Gasteiger partial charge is 0.482 e. The van der Waals surface area contributed by atoms with Crippen molar-refractivity contribution in [3.8, 4) is 23.7 Å². The van der Waals surface area contributed by atoms with Gasteiger partial charge in [-0.25, -0.2) is 0 Å². The molecule has 0 bridgehead atoms. The fourth-order valence-electron chi connectivity index (χ4n) is 1.94. The van der Waals surface area contributed by atoms with Crippen LogP contribution in [0.15, 0.2) is 48.5 Å². The van der Waals surface area contributed by atoms with E-state index in [4.69, 9.17) is 10.00 Å². The quantitative estimate of drug-likeness (QED) is 0.855. The molecule has 0 saturated heterocycles. The normalized spacial score (nSPS) is 10.2. The van der Waals surface area contributed by atoms with E-state index in [0.717, 1.165) is 12.1 Å². The van der Waals surface area contributed by atoms with E-state index in [9.17, 15) is 18.0 Å². The molecule has 0 unspecified atom stereocenters. The molecule has 0 aliphatic carbocycles. The van der Waals surface area contributed by atoms with Crippen molar-refractivity contribution in [2.75, 3.05) is 13.2 Å². The van der Waals surface area contributed by atoms with Gasteiger partial charge in [-0.15, -0.1) is 0 Å². The van der Waals surface area contributed by atoms with Gasteiger partial charge in [-0.3, -0.25) is 4.79 Å². The van der Waals surface area contributed by atoms with Crippen LogP contribution >= 0.6 is 0 Å². The second-order valence-corrected chi connectivity index (χ2v) is 5.05. The van der Waals surface area contributed by atoms with Gasteiger partial charge in [-0.1, -0.05) is 30.0 Å². The number of para-hydroxylation sites is 1. The molecule has 0 radical (unpaired) electrons. The Hall–Kier alpha value is -3.45. The van der Waals surface area contributed by atoms with E-state index in [-0.39, 0.29) is 18.7 Å². The fourth-order valence-corrected chi connectivity index (χ4v) is 1.94. The number of nitriles is 1. The van der Waals surface area contributed by atoms with E-state index >= 15 is 0 Å². The topological polar surface area (TPSA) is 62.1 Å². The zero-order valence-electron chi connectivity index (χ0n) is 13.4. The van der Waals surface area contributed by atoms with Gasteiger partial charge in [0.05, 0.1) is 17.7 Å². The zero-order chi connectivity index (χ0) is 19.0. The lowest BCUT2D eigenvalue weighted by Gasteiger charge is -2.07. The Morgan fingerprint density at radius 2 is 1.92 bits per heavy atom. The molecule has 0 saturated carbocycles. The zero-order valence-corrected chi connectivity index (χ0v) is 13.4. The van der Waals surface area contributed by atoms with E-state index in [1.165, 1.54) is 12.1 Å². The Balaban J connectivity index is 1.84. The molecule has 0 aliphatic heterocycles. The van der Waals surface area contributed by atoms with Gasteiger partial charge in [-0.05, 0) is 30.3 Å². The Morgan fingerprint density at radius 3 is 2.65 bits per heavy atom. The number of carbonyl (C=O) groups excluding carboxylic acids is 1. The van der Waals surface area contributed by atoms with Crippen LogP contribution in [0, 0.1) is 23.2 Å². The number of ether oxygens (including phenoxy) is 1. The summed E-state index contributed by atoms with van der Waals surface area (Å²) in [5.41, 5.74) is -0.268. The molecule has 0 heterocycles. The fraction of sp³-hybridized carbons (Fsp3) is 0.158. The number of benzene rings is 2. The molecule has 4 nitrogen and oxygen atoms in total. The minimum absolute atomic E-state index is 0.0433. The van der Waals surface area contributed by atoms with Crippen molar-refractivity contribution in [1.29, 1.82) is 5.26 Å². The van der Waals surface area contributed by atoms with Crippen molar-refractivity contribution in [3.05, 3.63) is 65.2 Å². The van der Waals surface area contributed by atoms with Gasteiger partial charge in [0.1, 0.15) is 11.8 Å². The van der Waals surface area contributed by atoms with E-state index in [1.54, 1.807) is 24.3 Å². The predicted molar refractivity (Wildman–Crippen MR) is 88.0 cm³/mol. The first kappa shape index (κ1) is 18.9. The highest BCUT2D eigenvalue weighted by atomic mass is 19.4. The van der Waals surface area contributed by atoms with E-state index in [0.29, 0.717) is 11.3 Å². The summed E-state index contributed by atoms with van der Waals surface area (Å²) in [6, 6.07) is 13.1. The summed E-state index contributed by atoms with van der Waals surface area (Å²) in [5.74, 6) is 4.96. The molecule has 0 spiro atoms. The standard InChI is InChI=1S/C19H13F3N2O2/c20-19(21,22)16-8-3-5-14(11-16)6-4-10-24-18(25)13-26-17-9-2-1-7-15(17)12-23/h1-3,5,7-9,11H,10,13H2,(H,24,25). The summed E-state index contributed by atoms with van der Waals surface area (Å²) in [7, 11) is 0. The van der Waals surface area contributed by atoms with Gasteiger partial charge >= 0.3 is 6.18 Å². The van der Waals surface area contributed by atoms with Crippen molar-refractivity contribution < 1.29 is 22.7 Å². The number of halogens is 3. The van der Waals surface area contributed by atoms with Crippen LogP contribution in [-0.2, 0) is 11.0 Å². The van der Waals surface area contributed by atoms with Crippen LogP contribution in [0.25, 0.3) is 0 Å². The minimum atomic E-state index is -4.43. The van der Waals surface area contributed by atoms with Crippen LogP contribution in [0.2, 0.25) is 0 Å². The van der Waals surface area contributed by atoms with Gasteiger partial charge in [-0.2, -0.15) is 18.4 Å². The van der Waals surface area contributed by atoms with E-state index in [2.05, 4.69) is 17.2 Å². The second-order valence-electron chi connectivity index (χ2n) is 5.05. The van der Waals surface area contributed by atoms with Crippen molar-refractivity contribution in [2.24, 2.45) is 0 Å². The van der Waals surface area contributed by atoms with Crippen LogP contribution < -0.4 is 10.1 Å². The summed E-state index contributed by atoms with van der Waals surface area (Å²) in [4.78, 5) is 11.7. The molecule has 0 fully saturated rings. The summed E-state index contributed by atoms with van der Waals surface area (Å²) in [6.07, 6.45) is -4.43. The first-order valence-corrected chi connectivity index (χ1v) is 7.45. The van der Waals surface area contributed by atoms with Gasteiger partial charge < -0.3 is 10.1 Å². The summed E-state index contributed by atoms with van der Waals surface area (Å²) < 4.78 is 43.1. The summed E-state index contributed by atoms with van der Waals surface area (Å²) in [6.45, 7) is -0.345. The van der Waals surface area contributed by atoms with Crippen molar-refractivity contribution in [1.82, 2.24) is 5.32 Å². The average Bonchev–Trinajstić information content (AvgIpc) is 2.63. The molecule has 2 aromatic rings. The maximum Gasteiger partial charge on any atom is 0.416 e. The second kappa shape index (κ2) is 8.59. The highest BCUT2D eigenvalue weighted by Crippen LogP contribution is 2.29. The van der Waals surface area contributed by atoms with Gasteiger partial charge in [0.2, 0.25) is 0 Å². The number of hydrogen-bond donors (Lipinski definition) is 1. The molecule has 0 atom stereocenters. The number of carbonyl (C=O) groups is 1. The van der Waals surface area contributed by atoms with Crippen LogP contribution in [0.1, 0.15) is 16.7 Å². The maximum atomic E-state index is 12.6. The van der Waals surface area contributed by atoms with Gasteiger partial charge in [0, 0.05) is 5.56 Å². The Kier molecular flexibility index (Phi) is 6.24. The molecule has 2 rings (SSSR count). The number of rotatable bonds is 4. The van der Waals surface area contributed by atoms with E-state index < -0.39 is 17.6 Å². The Morgan fingerprint density at radius 1 is 1.15 bits per heavy atom. The third-order valence-corrected chi connectivity index (χ3v) is 3.16. The lowest BCUT2D eigenvalue weighted by molar-refractivity contribution is -0.137. The monoisotopic (exact) mass is 358 g/mol. The first-order valence-electron chi connectivity index (χ1n) is 7.45. The lowest BCUT2D eigenvalue weighted by atomic mass is 10.1. The summed E-state index contributed by atoms with van der Waals surface area (Å²) in [5, 5.41) is 11.4. The van der Waals surface area contributed by atoms with Crippen molar-refractivity contribution >= 4 is 5.91 Å². The maximum absolute atomic E-state index is 12.6. The lowest BCUT2D eigenvalue weighted by Crippen LogP contribution is -2.29. The Labute approximate surface area is 148 Å². The van der Waals surface area contributed by atoms with E-state index in [1.807, 2.05) is 6.07 Å². The summed E-state index contributed by atoms with van der Waals surface area (Å²) >= 11 is 0. The molecule has 132 valence electrons. The van der Waals surface area contributed by atoms with Crippen molar-refractivity contribution in [2.45, 2.75) is 6.18 Å². The van der Waals surface area contributed by atoms with Crippen LogP contribution in [-0.4, -0.2) is 19.1 Å². The number of nitrogens with zero attached hydrogens (tertiary/aromatic N) is 1. The van der Waals surface area contributed by atoms with Crippen LogP contribution in [0.5, 0.6) is 5.75 Å². The Bertz CT molecular complexity index is 890. The van der Waals surface area contributed by atoms with Gasteiger partial charge in [0.25, 0.3) is 5.91 Å². The highest BCUT2D eigenvalue weighted by Gasteiger charge is 2.30. The smallest absolute Gasteiger partial charge is 0.416 e. The molecular formula is C19H13F3N2O2. The highest BCUT2D eigenvalue weighted by molar-refractivity contribution is 5.77. The first-order chi connectivity index (χ1) is 12.4. The third kappa shape index (κ3) is 5.57. The predicted octanol–water partition coefficient (Wildman–Crippen LogP) is 3.12. The molecule has 2 aromatic carbocycles. The minimum Gasteiger partial charge on any atom is -0.482 e. The third-order valence-electron chi connectivity index (χ3n) is 3.16. The molecule has 7 heteroatoms. The molecular weight excluding hydrogens is 345 g/mol. The van der Waals surface area contributed by atoms with Crippen LogP contribution in [0.4, 0.5) is 13.2 Å². The molecule has 0 aliphatic rings. The van der Waals surface area contributed by atoms with Gasteiger partial charge in [0.15, 0.2) is 6.61 Å². The average molecular weight is 358 g/mol. The van der Waals surface area contributed by atoms with Crippen molar-refractivity contribution in [3.63, 3.8) is 0 Å². The number of nitrogens with one attached hydrogen (secondary N) is 1. The molecule has 1 amide bonds. The number of hydrogen-bond acceptors (Lipinski definition) is 3. The van der Waals surface area contributed by atoms with Crippen LogP contribution in [0.3, 0.4) is 0 Å². The molecule has 0 aromatic heterocycles. The molecule has 1 N–H and O–H groups in total. The SMILES string of the molecule is N#Cc1ccccc1OCC(=O)NCC#Cc1cccc(C(F)(F)F)c1. The number of amides is 1. The number of alkyl halides is 3.